The number of nitrogens with one attached hydrogen (secondary N) is 1. The molecule has 2 N–H and O–H groups in total. The fourth-order valence-electron chi connectivity index (χ4n) is 2.33. The van der Waals surface area contributed by atoms with Crippen molar-refractivity contribution < 1.29 is 9.50 Å². The van der Waals surface area contributed by atoms with Crippen LogP contribution in [-0.4, -0.2) is 5.11 Å². The van der Waals surface area contributed by atoms with Crippen molar-refractivity contribution in [1.29, 1.82) is 0 Å². The number of aromatic hydroxyl groups is 1. The second-order valence-corrected chi connectivity index (χ2v) is 5.68. The standard InChI is InChI=1S/C17H13BrFNO/c18-12-6-7-15(19)16(9-12)20-10-14-13-4-2-1-3-11(13)5-8-17(14)21/h1-9,20-21H,10H2. The van der Waals surface area contributed by atoms with Gasteiger partial charge in [-0.15, -0.1) is 0 Å². The van der Waals surface area contributed by atoms with E-state index in [0.29, 0.717) is 12.2 Å². The molecule has 0 saturated heterocycles. The van der Waals surface area contributed by atoms with Crippen molar-refractivity contribution in [3.05, 3.63) is 70.5 Å². The number of hydrogen-bond acceptors (Lipinski definition) is 2. The van der Waals surface area contributed by atoms with E-state index in [1.807, 2.05) is 30.3 Å². The minimum atomic E-state index is -0.321. The Morgan fingerprint density at radius 3 is 2.71 bits per heavy atom. The molecule has 0 aliphatic carbocycles. The molecular weight excluding hydrogens is 333 g/mol. The highest BCUT2D eigenvalue weighted by atomic mass is 79.9. The molecule has 0 fully saturated rings. The van der Waals surface area contributed by atoms with Crippen LogP contribution in [0.15, 0.2) is 59.1 Å². The van der Waals surface area contributed by atoms with Crippen molar-refractivity contribution in [2.45, 2.75) is 6.54 Å². The van der Waals surface area contributed by atoms with Crippen molar-refractivity contribution in [2.24, 2.45) is 0 Å². The van der Waals surface area contributed by atoms with Crippen LogP contribution in [0.4, 0.5) is 10.1 Å². The van der Waals surface area contributed by atoms with Gasteiger partial charge in [-0.3, -0.25) is 0 Å². The molecule has 0 spiro atoms. The molecule has 3 aromatic carbocycles. The van der Waals surface area contributed by atoms with Crippen LogP contribution in [0.5, 0.6) is 5.75 Å². The molecule has 0 aliphatic rings. The summed E-state index contributed by atoms with van der Waals surface area (Å²) >= 11 is 3.32. The lowest BCUT2D eigenvalue weighted by atomic mass is 10.0. The summed E-state index contributed by atoms with van der Waals surface area (Å²) in [6.07, 6.45) is 0. The molecular formula is C17H13BrFNO. The van der Waals surface area contributed by atoms with E-state index in [4.69, 9.17) is 0 Å². The summed E-state index contributed by atoms with van der Waals surface area (Å²) in [6, 6.07) is 16.1. The first-order chi connectivity index (χ1) is 10.1. The zero-order valence-corrected chi connectivity index (χ0v) is 12.7. The lowest BCUT2D eigenvalue weighted by Crippen LogP contribution is -2.02. The topological polar surface area (TPSA) is 32.3 Å². The fraction of sp³-hybridized carbons (Fsp3) is 0.0588. The molecule has 2 nitrogen and oxygen atoms in total. The van der Waals surface area contributed by atoms with Gasteiger partial charge in [-0.1, -0.05) is 46.3 Å². The molecule has 3 aromatic rings. The number of phenols is 1. The number of phenolic OH excluding ortho intramolecular Hbond substituents is 1. The van der Waals surface area contributed by atoms with E-state index < -0.39 is 0 Å². The Labute approximate surface area is 130 Å². The molecule has 21 heavy (non-hydrogen) atoms. The van der Waals surface area contributed by atoms with Gasteiger partial charge in [0.1, 0.15) is 11.6 Å². The van der Waals surface area contributed by atoms with E-state index in [1.54, 1.807) is 18.2 Å². The van der Waals surface area contributed by atoms with Gasteiger partial charge in [0.25, 0.3) is 0 Å². The van der Waals surface area contributed by atoms with Crippen molar-refractivity contribution in [1.82, 2.24) is 0 Å². The SMILES string of the molecule is Oc1ccc2ccccc2c1CNc1cc(Br)ccc1F. The monoisotopic (exact) mass is 345 g/mol. The van der Waals surface area contributed by atoms with E-state index in [9.17, 15) is 9.50 Å². The maximum atomic E-state index is 13.7. The summed E-state index contributed by atoms with van der Waals surface area (Å²) in [4.78, 5) is 0. The minimum absolute atomic E-state index is 0.205. The molecule has 0 aliphatic heterocycles. The molecule has 0 bridgehead atoms. The summed E-state index contributed by atoms with van der Waals surface area (Å²) in [5, 5.41) is 15.1. The molecule has 0 radical (unpaired) electrons. The molecule has 0 atom stereocenters. The van der Waals surface area contributed by atoms with Gasteiger partial charge in [0.05, 0.1) is 5.69 Å². The summed E-state index contributed by atoms with van der Waals surface area (Å²) in [5.41, 5.74) is 1.16. The van der Waals surface area contributed by atoms with Crippen molar-refractivity contribution in [2.75, 3.05) is 5.32 Å². The van der Waals surface area contributed by atoms with E-state index in [-0.39, 0.29) is 11.6 Å². The first-order valence-corrected chi connectivity index (χ1v) is 7.33. The smallest absolute Gasteiger partial charge is 0.146 e. The highest BCUT2D eigenvalue weighted by Crippen LogP contribution is 2.28. The third kappa shape index (κ3) is 2.85. The van der Waals surface area contributed by atoms with Crippen molar-refractivity contribution in [3.63, 3.8) is 0 Å². The average molecular weight is 346 g/mol. The van der Waals surface area contributed by atoms with Gasteiger partial charge in [-0.05, 0) is 35.0 Å². The number of anilines is 1. The second kappa shape index (κ2) is 5.74. The van der Waals surface area contributed by atoms with Crippen LogP contribution < -0.4 is 5.32 Å². The van der Waals surface area contributed by atoms with E-state index in [1.165, 1.54) is 6.07 Å². The van der Waals surface area contributed by atoms with Gasteiger partial charge >= 0.3 is 0 Å². The zero-order valence-electron chi connectivity index (χ0n) is 11.1. The van der Waals surface area contributed by atoms with Gasteiger partial charge < -0.3 is 10.4 Å². The molecule has 0 unspecified atom stereocenters. The first kappa shape index (κ1) is 13.9. The second-order valence-electron chi connectivity index (χ2n) is 4.76. The van der Waals surface area contributed by atoms with Crippen molar-refractivity contribution >= 4 is 32.4 Å². The molecule has 0 saturated carbocycles. The predicted molar refractivity (Wildman–Crippen MR) is 87.0 cm³/mol. The van der Waals surface area contributed by atoms with Crippen LogP contribution in [-0.2, 0) is 6.54 Å². The number of halogens is 2. The Morgan fingerprint density at radius 1 is 1.05 bits per heavy atom. The molecule has 3 rings (SSSR count). The highest BCUT2D eigenvalue weighted by molar-refractivity contribution is 9.10. The first-order valence-electron chi connectivity index (χ1n) is 6.53. The maximum absolute atomic E-state index is 13.7. The summed E-state index contributed by atoms with van der Waals surface area (Å²) in [5.74, 6) is -0.116. The molecule has 0 heterocycles. The Hall–Kier alpha value is -2.07. The lowest BCUT2D eigenvalue weighted by molar-refractivity contribution is 0.470. The summed E-state index contributed by atoms with van der Waals surface area (Å²) in [6.45, 7) is 0.348. The normalized spacial score (nSPS) is 10.8. The number of benzene rings is 3. The molecule has 0 aromatic heterocycles. The quantitative estimate of drug-likeness (QED) is 0.695. The third-order valence-corrected chi connectivity index (χ3v) is 3.89. The van der Waals surface area contributed by atoms with Crippen LogP contribution in [0.2, 0.25) is 0 Å². The lowest BCUT2D eigenvalue weighted by Gasteiger charge is -2.12. The van der Waals surface area contributed by atoms with Crippen LogP contribution in [0, 0.1) is 5.82 Å². The predicted octanol–water partition coefficient (Wildman–Crippen LogP) is 5.06. The van der Waals surface area contributed by atoms with Gasteiger partial charge in [0.2, 0.25) is 0 Å². The maximum Gasteiger partial charge on any atom is 0.146 e. The van der Waals surface area contributed by atoms with E-state index in [0.717, 1.165) is 20.8 Å². The number of rotatable bonds is 3. The Bertz CT molecular complexity index is 804. The van der Waals surface area contributed by atoms with Gasteiger partial charge in [-0.2, -0.15) is 0 Å². The van der Waals surface area contributed by atoms with E-state index in [2.05, 4.69) is 21.2 Å². The number of hydrogen-bond donors (Lipinski definition) is 2. The van der Waals surface area contributed by atoms with E-state index >= 15 is 0 Å². The van der Waals surface area contributed by atoms with Gasteiger partial charge in [-0.25, -0.2) is 4.39 Å². The zero-order chi connectivity index (χ0) is 14.8. The Balaban J connectivity index is 1.95. The molecule has 106 valence electrons. The third-order valence-electron chi connectivity index (χ3n) is 3.40. The Morgan fingerprint density at radius 2 is 1.86 bits per heavy atom. The van der Waals surface area contributed by atoms with Crippen LogP contribution in [0.1, 0.15) is 5.56 Å². The van der Waals surface area contributed by atoms with Crippen LogP contribution >= 0.6 is 15.9 Å². The van der Waals surface area contributed by atoms with Gasteiger partial charge in [0.15, 0.2) is 0 Å². The number of fused-ring (bicyclic) bond motifs is 1. The fourth-order valence-corrected chi connectivity index (χ4v) is 2.69. The highest BCUT2D eigenvalue weighted by Gasteiger charge is 2.08. The van der Waals surface area contributed by atoms with Crippen molar-refractivity contribution in [3.8, 4) is 5.75 Å². The minimum Gasteiger partial charge on any atom is -0.508 e. The average Bonchev–Trinajstić information content (AvgIpc) is 2.49. The van der Waals surface area contributed by atoms with Gasteiger partial charge in [0, 0.05) is 16.6 Å². The van der Waals surface area contributed by atoms with Crippen LogP contribution in [0.25, 0.3) is 10.8 Å². The molecule has 4 heteroatoms. The molecule has 0 amide bonds. The summed E-state index contributed by atoms with van der Waals surface area (Å²) < 4.78 is 14.5. The summed E-state index contributed by atoms with van der Waals surface area (Å²) in [7, 11) is 0. The van der Waals surface area contributed by atoms with Crippen LogP contribution in [0.3, 0.4) is 0 Å². The largest absolute Gasteiger partial charge is 0.508 e. The Kier molecular flexibility index (Phi) is 3.80.